The second-order valence-electron chi connectivity index (χ2n) is 7.13. The van der Waals surface area contributed by atoms with Gasteiger partial charge >= 0.3 is 0 Å². The van der Waals surface area contributed by atoms with E-state index in [1.807, 2.05) is 67.6 Å². The SMILES string of the molecule is C[C@H](c1ccccc1)/[N+]([O-])=C/c1cc2ccccc2n1C/C=C/c1ccccc1. The number of fused-ring (bicyclic) bond motifs is 1. The van der Waals surface area contributed by atoms with Crippen molar-refractivity contribution < 1.29 is 4.74 Å². The average molecular weight is 380 g/mol. The van der Waals surface area contributed by atoms with Gasteiger partial charge in [-0.1, -0.05) is 91.0 Å². The summed E-state index contributed by atoms with van der Waals surface area (Å²) in [5.41, 5.74) is 4.20. The van der Waals surface area contributed by atoms with Gasteiger partial charge in [-0.25, -0.2) is 4.74 Å². The molecule has 3 heteroatoms. The zero-order chi connectivity index (χ0) is 20.1. The molecule has 0 fully saturated rings. The number of allylic oxidation sites excluding steroid dienone is 1. The van der Waals surface area contributed by atoms with Crippen molar-refractivity contribution in [1.29, 1.82) is 0 Å². The molecular formula is C26H24N2O. The van der Waals surface area contributed by atoms with Crippen LogP contribution in [-0.4, -0.2) is 15.5 Å². The highest BCUT2D eigenvalue weighted by molar-refractivity contribution is 5.89. The van der Waals surface area contributed by atoms with E-state index >= 15 is 0 Å². The summed E-state index contributed by atoms with van der Waals surface area (Å²) in [5, 5.41) is 14.0. The van der Waals surface area contributed by atoms with E-state index in [2.05, 4.69) is 47.1 Å². The molecule has 4 aromatic rings. The van der Waals surface area contributed by atoms with Gasteiger partial charge in [0, 0.05) is 29.9 Å². The third-order valence-electron chi connectivity index (χ3n) is 5.16. The summed E-state index contributed by atoms with van der Waals surface area (Å²) in [6.07, 6.45) is 5.95. The normalized spacial score (nSPS) is 13.2. The lowest BCUT2D eigenvalue weighted by Gasteiger charge is -2.13. The lowest BCUT2D eigenvalue weighted by atomic mass is 10.1. The van der Waals surface area contributed by atoms with Crippen LogP contribution in [0.4, 0.5) is 0 Å². The van der Waals surface area contributed by atoms with Gasteiger partial charge in [-0.3, -0.25) is 0 Å². The smallest absolute Gasteiger partial charge is 0.199 e. The number of nitrogens with zero attached hydrogens (tertiary/aromatic N) is 2. The topological polar surface area (TPSA) is 31.0 Å². The van der Waals surface area contributed by atoms with E-state index in [0.717, 1.165) is 32.5 Å². The number of hydroxylamine groups is 1. The molecule has 0 spiro atoms. The fraction of sp³-hybridized carbons (Fsp3) is 0.115. The Hall–Kier alpha value is -3.59. The Morgan fingerprint density at radius 1 is 0.897 bits per heavy atom. The van der Waals surface area contributed by atoms with E-state index in [1.54, 1.807) is 6.21 Å². The second-order valence-corrected chi connectivity index (χ2v) is 7.13. The van der Waals surface area contributed by atoms with Crippen molar-refractivity contribution in [2.45, 2.75) is 19.5 Å². The van der Waals surface area contributed by atoms with Crippen molar-refractivity contribution in [3.8, 4) is 0 Å². The van der Waals surface area contributed by atoms with Crippen LogP contribution in [0.3, 0.4) is 0 Å². The molecule has 0 unspecified atom stereocenters. The molecule has 0 radical (unpaired) electrons. The Labute approximate surface area is 171 Å². The zero-order valence-electron chi connectivity index (χ0n) is 16.5. The standard InChI is InChI=1S/C26H24N2O/c1-21(23-14-6-3-7-15-23)28(29)20-25-19-24-16-8-9-17-26(24)27(25)18-10-13-22-11-4-2-5-12-22/h2-17,19-21H,18H2,1H3/b13-10+,28-20-/t21-/m1/s1. The molecule has 0 aliphatic rings. The summed E-state index contributed by atoms with van der Waals surface area (Å²) >= 11 is 0. The van der Waals surface area contributed by atoms with Gasteiger partial charge in [0.15, 0.2) is 12.3 Å². The zero-order valence-corrected chi connectivity index (χ0v) is 16.5. The Kier molecular flexibility index (Phi) is 5.57. The molecule has 0 saturated heterocycles. The van der Waals surface area contributed by atoms with E-state index in [9.17, 15) is 5.21 Å². The Morgan fingerprint density at radius 2 is 1.55 bits per heavy atom. The fourth-order valence-corrected chi connectivity index (χ4v) is 3.52. The van der Waals surface area contributed by atoms with Gasteiger partial charge in [-0.15, -0.1) is 0 Å². The van der Waals surface area contributed by atoms with Gasteiger partial charge in [-0.05, 0) is 17.7 Å². The van der Waals surface area contributed by atoms with Gasteiger partial charge < -0.3 is 9.77 Å². The molecule has 3 aromatic carbocycles. The third kappa shape index (κ3) is 4.30. The molecule has 0 amide bonds. The van der Waals surface area contributed by atoms with Crippen LogP contribution in [-0.2, 0) is 6.54 Å². The fourth-order valence-electron chi connectivity index (χ4n) is 3.52. The Balaban J connectivity index is 1.67. The van der Waals surface area contributed by atoms with E-state index in [1.165, 1.54) is 0 Å². The molecule has 1 heterocycles. The lowest BCUT2D eigenvalue weighted by molar-refractivity contribution is -0.498. The van der Waals surface area contributed by atoms with Crippen LogP contribution in [0.2, 0.25) is 0 Å². The largest absolute Gasteiger partial charge is 0.623 e. The van der Waals surface area contributed by atoms with Crippen molar-refractivity contribution >= 4 is 23.2 Å². The Bertz CT molecular complexity index is 1140. The van der Waals surface area contributed by atoms with E-state index in [4.69, 9.17) is 0 Å². The molecule has 29 heavy (non-hydrogen) atoms. The van der Waals surface area contributed by atoms with E-state index < -0.39 is 0 Å². The highest BCUT2D eigenvalue weighted by Crippen LogP contribution is 2.21. The number of aromatic nitrogens is 1. The third-order valence-corrected chi connectivity index (χ3v) is 5.16. The first-order valence-electron chi connectivity index (χ1n) is 9.87. The second kappa shape index (κ2) is 8.61. The molecule has 1 atom stereocenters. The van der Waals surface area contributed by atoms with Gasteiger partial charge in [0.25, 0.3) is 0 Å². The highest BCUT2D eigenvalue weighted by atomic mass is 16.5. The number of benzene rings is 3. The molecule has 0 aliphatic heterocycles. The summed E-state index contributed by atoms with van der Waals surface area (Å²) in [6.45, 7) is 2.63. The summed E-state index contributed by atoms with van der Waals surface area (Å²) < 4.78 is 3.22. The van der Waals surface area contributed by atoms with Gasteiger partial charge in [0.05, 0.1) is 0 Å². The predicted octanol–water partition coefficient (Wildman–Crippen LogP) is 6.05. The number of hydrogen-bond donors (Lipinski definition) is 0. The van der Waals surface area contributed by atoms with Gasteiger partial charge in [0.2, 0.25) is 0 Å². The number of para-hydroxylation sites is 1. The van der Waals surface area contributed by atoms with Crippen LogP contribution < -0.4 is 0 Å². The molecule has 0 bridgehead atoms. The van der Waals surface area contributed by atoms with Crippen molar-refractivity contribution in [3.05, 3.63) is 119 Å². The molecule has 0 aliphatic carbocycles. The summed E-state index contributed by atoms with van der Waals surface area (Å²) in [6, 6.07) is 30.2. The summed E-state index contributed by atoms with van der Waals surface area (Å²) in [7, 11) is 0. The minimum atomic E-state index is -0.248. The van der Waals surface area contributed by atoms with Crippen molar-refractivity contribution in [1.82, 2.24) is 4.57 Å². The van der Waals surface area contributed by atoms with Crippen LogP contribution >= 0.6 is 0 Å². The highest BCUT2D eigenvalue weighted by Gasteiger charge is 2.14. The minimum absolute atomic E-state index is 0.248. The maximum absolute atomic E-state index is 12.9. The average Bonchev–Trinajstić information content (AvgIpc) is 3.11. The maximum Gasteiger partial charge on any atom is 0.199 e. The Morgan fingerprint density at radius 3 is 2.31 bits per heavy atom. The summed E-state index contributed by atoms with van der Waals surface area (Å²) in [4.78, 5) is 0. The molecule has 4 rings (SSSR count). The van der Waals surface area contributed by atoms with Gasteiger partial charge in [-0.2, -0.15) is 0 Å². The molecular weight excluding hydrogens is 356 g/mol. The van der Waals surface area contributed by atoms with Crippen LogP contribution in [0.5, 0.6) is 0 Å². The van der Waals surface area contributed by atoms with Crippen molar-refractivity contribution in [2.75, 3.05) is 0 Å². The molecule has 1 aromatic heterocycles. The van der Waals surface area contributed by atoms with Gasteiger partial charge in [0.1, 0.15) is 5.69 Å². The summed E-state index contributed by atoms with van der Waals surface area (Å²) in [5.74, 6) is 0. The molecule has 3 nitrogen and oxygen atoms in total. The van der Waals surface area contributed by atoms with Crippen LogP contribution in [0.15, 0.2) is 97.1 Å². The molecule has 0 N–H and O–H groups in total. The van der Waals surface area contributed by atoms with Crippen LogP contribution in [0.1, 0.15) is 29.8 Å². The minimum Gasteiger partial charge on any atom is -0.623 e. The van der Waals surface area contributed by atoms with Crippen LogP contribution in [0.25, 0.3) is 17.0 Å². The predicted molar refractivity (Wildman–Crippen MR) is 121 cm³/mol. The monoisotopic (exact) mass is 380 g/mol. The van der Waals surface area contributed by atoms with Crippen molar-refractivity contribution in [3.63, 3.8) is 0 Å². The maximum atomic E-state index is 12.9. The first-order chi connectivity index (χ1) is 14.2. The van der Waals surface area contributed by atoms with E-state index in [-0.39, 0.29) is 6.04 Å². The van der Waals surface area contributed by atoms with Crippen molar-refractivity contribution in [2.24, 2.45) is 0 Å². The van der Waals surface area contributed by atoms with E-state index in [0.29, 0.717) is 6.54 Å². The molecule has 0 saturated carbocycles. The number of rotatable bonds is 6. The molecule has 144 valence electrons. The lowest BCUT2D eigenvalue weighted by Crippen LogP contribution is -2.13. The number of hydrogen-bond acceptors (Lipinski definition) is 1. The quantitative estimate of drug-likeness (QED) is 0.173. The first-order valence-corrected chi connectivity index (χ1v) is 9.87. The van der Waals surface area contributed by atoms with Crippen LogP contribution in [0, 0.1) is 5.21 Å². The first kappa shape index (κ1) is 18.8.